The van der Waals surface area contributed by atoms with Gasteiger partial charge >= 0.3 is 5.97 Å². The summed E-state index contributed by atoms with van der Waals surface area (Å²) < 4.78 is -0.874. The largest absolute Gasteiger partial charge is 0.479 e. The van der Waals surface area contributed by atoms with Gasteiger partial charge in [-0.1, -0.05) is 6.92 Å². The van der Waals surface area contributed by atoms with Crippen molar-refractivity contribution in [1.29, 1.82) is 0 Å². The van der Waals surface area contributed by atoms with Gasteiger partial charge in [0, 0.05) is 0 Å². The lowest BCUT2D eigenvalue weighted by Gasteiger charge is -2.26. The van der Waals surface area contributed by atoms with Gasteiger partial charge in [-0.25, -0.2) is 4.79 Å². The van der Waals surface area contributed by atoms with Gasteiger partial charge in [0.1, 0.15) is 4.58 Å². The number of carboxylic acids is 1. The average molecular weight is 224 g/mol. The van der Waals surface area contributed by atoms with Crippen LogP contribution in [0.4, 0.5) is 0 Å². The Balaban J connectivity index is 4.68. The third kappa shape index (κ3) is 2.87. The van der Waals surface area contributed by atoms with Crippen LogP contribution in [0.2, 0.25) is 0 Å². The smallest absolute Gasteiger partial charge is 0.339 e. The molecule has 13 heavy (non-hydrogen) atoms. The molecular formula is C6H12N2O3S2. The molecule has 0 aliphatic carbocycles. The van der Waals surface area contributed by atoms with E-state index in [4.69, 9.17) is 16.6 Å². The van der Waals surface area contributed by atoms with Crippen molar-refractivity contribution in [2.45, 2.75) is 17.2 Å². The third-order valence-corrected chi connectivity index (χ3v) is 2.28. The van der Waals surface area contributed by atoms with E-state index < -0.39 is 27.9 Å². The van der Waals surface area contributed by atoms with Gasteiger partial charge in [-0.3, -0.25) is 4.79 Å². The van der Waals surface area contributed by atoms with Gasteiger partial charge in [0.15, 0.2) is 11.4 Å². The second-order valence-electron chi connectivity index (χ2n) is 2.74. The number of thiol groups is 2. The summed E-state index contributed by atoms with van der Waals surface area (Å²) in [5.74, 6) is -2.99. The molecular weight excluding hydrogens is 212 g/mol. The first-order valence-corrected chi connectivity index (χ1v) is 4.45. The lowest BCUT2D eigenvalue weighted by molar-refractivity contribution is -0.147. The SMILES string of the molecule is CC(C(=O)C(S)S)C(N)(N)C(=O)O. The molecule has 0 rings (SSSR count). The van der Waals surface area contributed by atoms with Crippen molar-refractivity contribution in [3.8, 4) is 0 Å². The van der Waals surface area contributed by atoms with E-state index in [1.165, 1.54) is 6.92 Å². The highest BCUT2D eigenvalue weighted by atomic mass is 32.2. The Morgan fingerprint density at radius 2 is 1.77 bits per heavy atom. The quantitative estimate of drug-likeness (QED) is 0.313. The molecule has 5 N–H and O–H groups in total. The molecule has 0 bridgehead atoms. The number of carbonyl (C=O) groups excluding carboxylic acids is 1. The van der Waals surface area contributed by atoms with E-state index in [-0.39, 0.29) is 0 Å². The summed E-state index contributed by atoms with van der Waals surface area (Å²) in [4.78, 5) is 21.8. The maximum atomic E-state index is 11.2. The summed E-state index contributed by atoms with van der Waals surface area (Å²) in [6.07, 6.45) is 0. The summed E-state index contributed by atoms with van der Waals surface area (Å²) in [5.41, 5.74) is 8.39. The minimum absolute atomic E-state index is 0.515. The number of rotatable bonds is 4. The van der Waals surface area contributed by atoms with E-state index in [0.29, 0.717) is 0 Å². The van der Waals surface area contributed by atoms with Gasteiger partial charge in [-0.15, -0.1) is 0 Å². The van der Waals surface area contributed by atoms with Crippen LogP contribution in [0.15, 0.2) is 0 Å². The van der Waals surface area contributed by atoms with Crippen molar-refractivity contribution in [2.24, 2.45) is 17.4 Å². The Bertz CT molecular complexity index is 230. The fourth-order valence-electron chi connectivity index (χ4n) is 0.644. The van der Waals surface area contributed by atoms with Crippen molar-refractivity contribution in [3.63, 3.8) is 0 Å². The molecule has 1 unspecified atom stereocenters. The van der Waals surface area contributed by atoms with Crippen LogP contribution in [0.5, 0.6) is 0 Å². The monoisotopic (exact) mass is 224 g/mol. The van der Waals surface area contributed by atoms with Crippen molar-refractivity contribution < 1.29 is 14.7 Å². The molecule has 0 amide bonds. The topological polar surface area (TPSA) is 106 Å². The molecule has 76 valence electrons. The molecule has 0 saturated carbocycles. The first-order valence-electron chi connectivity index (χ1n) is 3.42. The number of hydrogen-bond donors (Lipinski definition) is 5. The number of ketones is 1. The van der Waals surface area contributed by atoms with Crippen LogP contribution in [0.1, 0.15) is 6.92 Å². The molecule has 0 aromatic heterocycles. The summed E-state index contributed by atoms with van der Waals surface area (Å²) in [6.45, 7) is 1.33. The molecule has 0 fully saturated rings. The Hall–Kier alpha value is -0.240. The molecule has 0 aliphatic heterocycles. The number of aliphatic carboxylic acids is 1. The molecule has 0 aliphatic rings. The highest BCUT2D eigenvalue weighted by molar-refractivity contribution is 8.00. The first-order chi connectivity index (χ1) is 5.71. The van der Waals surface area contributed by atoms with E-state index >= 15 is 0 Å². The van der Waals surface area contributed by atoms with Crippen molar-refractivity contribution in [1.82, 2.24) is 0 Å². The van der Waals surface area contributed by atoms with Crippen molar-refractivity contribution in [3.05, 3.63) is 0 Å². The predicted octanol–water partition coefficient (Wildman–Crippen LogP) is -0.924. The van der Waals surface area contributed by atoms with E-state index in [9.17, 15) is 9.59 Å². The molecule has 1 atom stereocenters. The molecule has 0 aromatic rings. The van der Waals surface area contributed by atoms with Gasteiger partial charge in [0.25, 0.3) is 0 Å². The van der Waals surface area contributed by atoms with Gasteiger partial charge in [-0.2, -0.15) is 25.3 Å². The molecule has 7 heteroatoms. The van der Waals surface area contributed by atoms with Crippen LogP contribution in [-0.4, -0.2) is 27.1 Å². The van der Waals surface area contributed by atoms with Crippen molar-refractivity contribution >= 4 is 37.0 Å². The third-order valence-electron chi connectivity index (χ3n) is 1.77. The number of hydrogen-bond acceptors (Lipinski definition) is 6. The van der Waals surface area contributed by atoms with Crippen LogP contribution in [0, 0.1) is 5.92 Å². The van der Waals surface area contributed by atoms with Crippen molar-refractivity contribution in [2.75, 3.05) is 0 Å². The summed E-state index contributed by atoms with van der Waals surface area (Å²) in [7, 11) is 0. The number of carbonyl (C=O) groups is 2. The summed E-state index contributed by atoms with van der Waals surface area (Å²) in [6, 6.07) is 0. The average Bonchev–Trinajstić information content (AvgIpc) is 2.01. The van der Waals surface area contributed by atoms with Gasteiger partial charge in [-0.05, 0) is 0 Å². The Morgan fingerprint density at radius 3 is 2.00 bits per heavy atom. The fourth-order valence-corrected chi connectivity index (χ4v) is 1.09. The van der Waals surface area contributed by atoms with E-state index in [1.54, 1.807) is 0 Å². The Morgan fingerprint density at radius 1 is 1.38 bits per heavy atom. The normalized spacial score (nSPS) is 14.3. The highest BCUT2D eigenvalue weighted by Gasteiger charge is 2.40. The fraction of sp³-hybridized carbons (Fsp3) is 0.667. The van der Waals surface area contributed by atoms with Crippen LogP contribution < -0.4 is 11.5 Å². The lowest BCUT2D eigenvalue weighted by atomic mass is 9.92. The molecule has 0 saturated heterocycles. The molecule has 0 spiro atoms. The molecule has 0 radical (unpaired) electrons. The second kappa shape index (κ2) is 4.32. The van der Waals surface area contributed by atoms with E-state index in [0.717, 1.165) is 0 Å². The minimum Gasteiger partial charge on any atom is -0.479 e. The summed E-state index contributed by atoms with van der Waals surface area (Å²) in [5, 5.41) is 8.59. The highest BCUT2D eigenvalue weighted by Crippen LogP contribution is 2.16. The number of carboxylic acid groups (broad SMARTS) is 1. The predicted molar refractivity (Wildman–Crippen MR) is 54.7 cm³/mol. The van der Waals surface area contributed by atoms with Gasteiger partial charge in [0.2, 0.25) is 0 Å². The van der Waals surface area contributed by atoms with Crippen LogP contribution in [0.25, 0.3) is 0 Å². The molecule has 0 aromatic carbocycles. The zero-order valence-corrected chi connectivity index (χ0v) is 8.76. The van der Waals surface area contributed by atoms with Gasteiger partial charge in [0.05, 0.1) is 5.92 Å². The Kier molecular flexibility index (Phi) is 4.24. The second-order valence-corrected chi connectivity index (χ2v) is 4.18. The lowest BCUT2D eigenvalue weighted by Crippen LogP contribution is -2.63. The van der Waals surface area contributed by atoms with Gasteiger partial charge < -0.3 is 16.6 Å². The number of Topliss-reactive ketones (excluding diaryl/α,β-unsaturated/α-hetero) is 1. The maximum absolute atomic E-state index is 11.2. The standard InChI is InChI=1S/C6H12N2O3S2/c1-2(3(9)4(12)13)6(7,8)5(10)11/h2,4,12-13H,7-8H2,1H3,(H,10,11). The number of nitrogens with two attached hydrogens (primary N) is 2. The zero-order valence-electron chi connectivity index (χ0n) is 6.97. The molecule has 5 nitrogen and oxygen atoms in total. The van der Waals surface area contributed by atoms with Crippen LogP contribution >= 0.6 is 25.3 Å². The summed E-state index contributed by atoms with van der Waals surface area (Å²) >= 11 is 7.49. The minimum atomic E-state index is -2.07. The Labute approximate surface area is 86.7 Å². The van der Waals surface area contributed by atoms with Crippen LogP contribution in [0.3, 0.4) is 0 Å². The molecule has 0 heterocycles. The van der Waals surface area contributed by atoms with E-state index in [2.05, 4.69) is 25.3 Å². The van der Waals surface area contributed by atoms with Crippen LogP contribution in [-0.2, 0) is 9.59 Å². The van der Waals surface area contributed by atoms with E-state index in [1.807, 2.05) is 0 Å². The first kappa shape index (κ1) is 12.8. The zero-order chi connectivity index (χ0) is 10.8. The maximum Gasteiger partial charge on any atom is 0.339 e.